The minimum Gasteiger partial charge on any atom is -0.394 e. The number of aliphatic hydroxyl groups is 2. The summed E-state index contributed by atoms with van der Waals surface area (Å²) < 4.78 is 0. The molecule has 2 heterocycles. The zero-order valence-electron chi connectivity index (χ0n) is 9.50. The molecule has 2 rings (SSSR count). The Bertz CT molecular complexity index is 355. The highest BCUT2D eigenvalue weighted by Crippen LogP contribution is 2.29. The summed E-state index contributed by atoms with van der Waals surface area (Å²) in [5.74, 6) is 0.814. The van der Waals surface area contributed by atoms with E-state index in [2.05, 4.69) is 9.88 Å². The topological polar surface area (TPSA) is 56.6 Å². The minimum absolute atomic E-state index is 0.146. The number of aromatic nitrogens is 1. The maximum Gasteiger partial charge on any atom is 0.134 e. The van der Waals surface area contributed by atoms with Gasteiger partial charge in [-0.05, 0) is 25.8 Å². The molecule has 0 saturated carbocycles. The molecule has 2 unspecified atom stereocenters. The number of rotatable bonds is 3. The molecule has 88 valence electrons. The second kappa shape index (κ2) is 4.80. The van der Waals surface area contributed by atoms with Gasteiger partial charge >= 0.3 is 0 Å². The van der Waals surface area contributed by atoms with E-state index in [0.29, 0.717) is 0 Å². The average molecular weight is 222 g/mol. The van der Waals surface area contributed by atoms with Crippen LogP contribution in [0.25, 0.3) is 0 Å². The maximum absolute atomic E-state index is 9.69. The quantitative estimate of drug-likeness (QED) is 0.804. The smallest absolute Gasteiger partial charge is 0.134 e. The molecule has 1 saturated heterocycles. The first-order chi connectivity index (χ1) is 7.74. The molecule has 1 aromatic heterocycles. The van der Waals surface area contributed by atoms with Crippen LogP contribution in [-0.4, -0.2) is 34.4 Å². The fourth-order valence-electron chi connectivity index (χ4n) is 2.28. The zero-order valence-corrected chi connectivity index (χ0v) is 9.50. The van der Waals surface area contributed by atoms with E-state index in [0.717, 1.165) is 30.8 Å². The predicted molar refractivity (Wildman–Crippen MR) is 62.3 cm³/mol. The van der Waals surface area contributed by atoms with Crippen molar-refractivity contribution in [1.82, 2.24) is 4.98 Å². The van der Waals surface area contributed by atoms with Crippen molar-refractivity contribution in [2.75, 3.05) is 18.1 Å². The molecule has 0 amide bonds. The van der Waals surface area contributed by atoms with Crippen LogP contribution in [0, 0.1) is 0 Å². The summed E-state index contributed by atoms with van der Waals surface area (Å²) in [7, 11) is 0. The van der Waals surface area contributed by atoms with Crippen molar-refractivity contribution < 1.29 is 10.2 Å². The first-order valence-corrected chi connectivity index (χ1v) is 5.74. The SMILES string of the molecule is CC(O)c1cccnc1N1CCCC1CO. The highest BCUT2D eigenvalue weighted by molar-refractivity contribution is 5.49. The number of anilines is 1. The molecule has 0 aliphatic carbocycles. The minimum atomic E-state index is -0.524. The lowest BCUT2D eigenvalue weighted by Crippen LogP contribution is -2.33. The van der Waals surface area contributed by atoms with E-state index < -0.39 is 6.10 Å². The Balaban J connectivity index is 2.32. The Morgan fingerprint density at radius 3 is 3.12 bits per heavy atom. The Labute approximate surface area is 95.5 Å². The van der Waals surface area contributed by atoms with Gasteiger partial charge < -0.3 is 15.1 Å². The van der Waals surface area contributed by atoms with Crippen molar-refractivity contribution >= 4 is 5.82 Å². The molecule has 1 fully saturated rings. The van der Waals surface area contributed by atoms with Crippen LogP contribution < -0.4 is 4.90 Å². The number of nitrogens with zero attached hydrogens (tertiary/aromatic N) is 2. The van der Waals surface area contributed by atoms with Crippen molar-refractivity contribution in [2.24, 2.45) is 0 Å². The number of hydrogen-bond donors (Lipinski definition) is 2. The van der Waals surface area contributed by atoms with Crippen LogP contribution in [0.1, 0.15) is 31.4 Å². The average Bonchev–Trinajstić information content (AvgIpc) is 2.76. The fraction of sp³-hybridized carbons (Fsp3) is 0.583. The van der Waals surface area contributed by atoms with E-state index in [1.807, 2.05) is 12.1 Å². The third kappa shape index (κ3) is 2.03. The lowest BCUT2D eigenvalue weighted by Gasteiger charge is -2.26. The van der Waals surface area contributed by atoms with Crippen LogP contribution in [0.2, 0.25) is 0 Å². The van der Waals surface area contributed by atoms with Crippen LogP contribution in [0.15, 0.2) is 18.3 Å². The summed E-state index contributed by atoms with van der Waals surface area (Å²) in [6.07, 6.45) is 3.27. The summed E-state index contributed by atoms with van der Waals surface area (Å²) in [6.45, 7) is 2.79. The van der Waals surface area contributed by atoms with Gasteiger partial charge in [-0.2, -0.15) is 0 Å². The van der Waals surface area contributed by atoms with Gasteiger partial charge in [0, 0.05) is 18.3 Å². The number of pyridine rings is 1. The van der Waals surface area contributed by atoms with Gasteiger partial charge in [0.15, 0.2) is 0 Å². The molecule has 16 heavy (non-hydrogen) atoms. The monoisotopic (exact) mass is 222 g/mol. The van der Waals surface area contributed by atoms with Crippen molar-refractivity contribution in [3.63, 3.8) is 0 Å². The Morgan fingerprint density at radius 1 is 1.62 bits per heavy atom. The third-order valence-electron chi connectivity index (χ3n) is 3.13. The van der Waals surface area contributed by atoms with Gasteiger partial charge in [0.1, 0.15) is 5.82 Å². The molecule has 1 aliphatic rings. The van der Waals surface area contributed by atoms with Crippen LogP contribution >= 0.6 is 0 Å². The molecule has 4 nitrogen and oxygen atoms in total. The van der Waals surface area contributed by atoms with Gasteiger partial charge in [-0.25, -0.2) is 4.98 Å². The van der Waals surface area contributed by atoms with Gasteiger partial charge in [-0.1, -0.05) is 6.07 Å². The predicted octanol–water partition coefficient (Wildman–Crippen LogP) is 1.10. The zero-order chi connectivity index (χ0) is 11.5. The number of hydrogen-bond acceptors (Lipinski definition) is 4. The molecule has 2 N–H and O–H groups in total. The first kappa shape index (κ1) is 11.4. The summed E-state index contributed by atoms with van der Waals surface area (Å²) in [4.78, 5) is 6.43. The Kier molecular flexibility index (Phi) is 3.41. The second-order valence-corrected chi connectivity index (χ2v) is 4.26. The number of aliphatic hydroxyl groups excluding tert-OH is 2. The first-order valence-electron chi connectivity index (χ1n) is 5.74. The molecule has 4 heteroatoms. The lowest BCUT2D eigenvalue weighted by atomic mass is 10.1. The fourth-order valence-corrected chi connectivity index (χ4v) is 2.28. The molecular formula is C12H18N2O2. The lowest BCUT2D eigenvalue weighted by molar-refractivity contribution is 0.198. The summed E-state index contributed by atoms with van der Waals surface area (Å²) in [5.41, 5.74) is 0.836. The highest BCUT2D eigenvalue weighted by atomic mass is 16.3. The Hall–Kier alpha value is -1.13. The molecule has 1 aliphatic heterocycles. The van der Waals surface area contributed by atoms with Crippen LogP contribution in [0.3, 0.4) is 0 Å². The summed E-state index contributed by atoms with van der Waals surface area (Å²) in [6, 6.07) is 3.86. The van der Waals surface area contributed by atoms with E-state index in [1.165, 1.54) is 0 Å². The van der Waals surface area contributed by atoms with E-state index in [9.17, 15) is 10.2 Å². The molecule has 0 bridgehead atoms. The standard InChI is InChI=1S/C12H18N2O2/c1-9(16)11-5-2-6-13-12(11)14-7-3-4-10(14)8-15/h2,5-6,9-10,15-16H,3-4,7-8H2,1H3. The van der Waals surface area contributed by atoms with E-state index in [1.54, 1.807) is 13.1 Å². The summed E-state index contributed by atoms with van der Waals surface area (Å²) >= 11 is 0. The van der Waals surface area contributed by atoms with Gasteiger partial charge in [-0.15, -0.1) is 0 Å². The van der Waals surface area contributed by atoms with Crippen molar-refractivity contribution in [3.8, 4) is 0 Å². The largest absolute Gasteiger partial charge is 0.394 e. The normalized spacial score (nSPS) is 22.4. The van der Waals surface area contributed by atoms with Gasteiger partial charge in [0.2, 0.25) is 0 Å². The maximum atomic E-state index is 9.69. The molecule has 0 radical (unpaired) electrons. The van der Waals surface area contributed by atoms with Crippen molar-refractivity contribution in [2.45, 2.75) is 31.9 Å². The van der Waals surface area contributed by atoms with Crippen LogP contribution in [-0.2, 0) is 0 Å². The Morgan fingerprint density at radius 2 is 2.44 bits per heavy atom. The van der Waals surface area contributed by atoms with Gasteiger partial charge in [0.05, 0.1) is 18.8 Å². The highest BCUT2D eigenvalue weighted by Gasteiger charge is 2.27. The van der Waals surface area contributed by atoms with Gasteiger partial charge in [-0.3, -0.25) is 0 Å². The van der Waals surface area contributed by atoms with Crippen LogP contribution in [0.4, 0.5) is 5.82 Å². The molecule has 1 aromatic rings. The third-order valence-corrected chi connectivity index (χ3v) is 3.13. The van der Waals surface area contributed by atoms with Crippen molar-refractivity contribution in [1.29, 1.82) is 0 Å². The molecule has 0 spiro atoms. The van der Waals surface area contributed by atoms with Gasteiger partial charge in [0.25, 0.3) is 0 Å². The van der Waals surface area contributed by atoms with E-state index >= 15 is 0 Å². The molecular weight excluding hydrogens is 204 g/mol. The van der Waals surface area contributed by atoms with Crippen LogP contribution in [0.5, 0.6) is 0 Å². The van der Waals surface area contributed by atoms with Crippen molar-refractivity contribution in [3.05, 3.63) is 23.9 Å². The van der Waals surface area contributed by atoms with E-state index in [-0.39, 0.29) is 12.6 Å². The summed E-state index contributed by atoms with van der Waals surface area (Å²) in [5, 5.41) is 19.0. The second-order valence-electron chi connectivity index (χ2n) is 4.26. The van der Waals surface area contributed by atoms with E-state index in [4.69, 9.17) is 0 Å². The molecule has 0 aromatic carbocycles. The molecule has 2 atom stereocenters.